The summed E-state index contributed by atoms with van der Waals surface area (Å²) in [7, 11) is 1.81. The monoisotopic (exact) mass is 365 g/mol. The van der Waals surface area contributed by atoms with E-state index in [9.17, 15) is 9.50 Å². The highest BCUT2D eigenvalue weighted by atomic mass is 19.1. The Hall–Kier alpha value is -1.65. The Bertz CT molecular complexity index is 839. The molecule has 0 spiro atoms. The molecule has 0 bridgehead atoms. The van der Waals surface area contributed by atoms with Gasteiger partial charge in [-0.15, -0.1) is 0 Å². The molecule has 2 aromatic carbocycles. The number of aryl methyl sites for hydroxylation is 1. The van der Waals surface area contributed by atoms with Crippen molar-refractivity contribution in [2.45, 2.75) is 56.4 Å². The van der Waals surface area contributed by atoms with E-state index in [-0.39, 0.29) is 12.4 Å². The molecule has 2 aliphatic carbocycles. The van der Waals surface area contributed by atoms with Gasteiger partial charge in [0.1, 0.15) is 13.7 Å². The highest BCUT2D eigenvalue weighted by molar-refractivity contribution is 6.32. The Kier molecular flexibility index (Phi) is 5.13. The minimum absolute atomic E-state index is 0.0791. The number of hydrogen-bond donors (Lipinski definition) is 2. The van der Waals surface area contributed by atoms with Gasteiger partial charge in [0, 0.05) is 5.54 Å². The summed E-state index contributed by atoms with van der Waals surface area (Å²) in [6.45, 7) is 0.0791. The Morgan fingerprint density at radius 2 is 2.00 bits per heavy atom. The Morgan fingerprint density at radius 3 is 2.74 bits per heavy atom. The molecule has 0 unspecified atom stereocenters. The van der Waals surface area contributed by atoms with Crippen LogP contribution in [-0.2, 0) is 19.3 Å². The lowest BCUT2D eigenvalue weighted by Gasteiger charge is -2.26. The molecule has 142 valence electrons. The van der Waals surface area contributed by atoms with Crippen LogP contribution in [0.15, 0.2) is 36.4 Å². The maximum absolute atomic E-state index is 13.8. The van der Waals surface area contributed by atoms with Crippen molar-refractivity contribution in [2.24, 2.45) is 11.7 Å². The predicted molar refractivity (Wildman–Crippen MR) is 111 cm³/mol. The van der Waals surface area contributed by atoms with E-state index in [4.69, 9.17) is 5.73 Å². The highest BCUT2D eigenvalue weighted by Gasteiger charge is 2.36. The second-order valence-electron chi connectivity index (χ2n) is 8.88. The van der Waals surface area contributed by atoms with Crippen molar-refractivity contribution < 1.29 is 9.50 Å². The van der Waals surface area contributed by atoms with E-state index in [1.165, 1.54) is 16.7 Å². The molecule has 0 saturated heterocycles. The quantitative estimate of drug-likeness (QED) is 0.818. The molecule has 1 fully saturated rings. The van der Waals surface area contributed by atoms with Crippen LogP contribution in [-0.4, -0.2) is 25.1 Å². The normalized spacial score (nSPS) is 27.5. The van der Waals surface area contributed by atoms with Crippen molar-refractivity contribution in [1.82, 2.24) is 0 Å². The topological polar surface area (TPSA) is 46.2 Å². The SMILES string of the molecule is Bc1ccc(C[C@@H]2CCc3cc([C@H]4CC[C@](N)(CO)C4)ccc3C2)cc1F. The van der Waals surface area contributed by atoms with Gasteiger partial charge >= 0.3 is 0 Å². The van der Waals surface area contributed by atoms with E-state index >= 15 is 0 Å². The van der Waals surface area contributed by atoms with Gasteiger partial charge < -0.3 is 10.8 Å². The van der Waals surface area contributed by atoms with Crippen molar-refractivity contribution in [3.63, 3.8) is 0 Å². The lowest BCUT2D eigenvalue weighted by atomic mass is 9.79. The van der Waals surface area contributed by atoms with E-state index < -0.39 is 5.54 Å². The number of aliphatic hydroxyl groups excluding tert-OH is 1. The van der Waals surface area contributed by atoms with Gasteiger partial charge in [0.25, 0.3) is 0 Å². The van der Waals surface area contributed by atoms with Gasteiger partial charge in [-0.2, -0.15) is 0 Å². The van der Waals surface area contributed by atoms with Gasteiger partial charge in [-0.3, -0.25) is 0 Å². The van der Waals surface area contributed by atoms with Gasteiger partial charge in [-0.25, -0.2) is 4.39 Å². The smallest absolute Gasteiger partial charge is 0.143 e. The zero-order chi connectivity index (χ0) is 19.0. The van der Waals surface area contributed by atoms with Crippen LogP contribution in [0.3, 0.4) is 0 Å². The fourth-order valence-corrected chi connectivity index (χ4v) is 4.96. The van der Waals surface area contributed by atoms with Crippen molar-refractivity contribution in [2.75, 3.05) is 6.61 Å². The number of benzene rings is 2. The molecule has 4 rings (SSSR count). The summed E-state index contributed by atoms with van der Waals surface area (Å²) in [5, 5.41) is 9.52. The molecule has 2 aliphatic rings. The lowest BCUT2D eigenvalue weighted by Crippen LogP contribution is -2.40. The van der Waals surface area contributed by atoms with Gasteiger partial charge in [0.05, 0.1) is 6.61 Å². The van der Waals surface area contributed by atoms with Crippen molar-refractivity contribution in [1.29, 1.82) is 0 Å². The van der Waals surface area contributed by atoms with Crippen LogP contribution >= 0.6 is 0 Å². The molecule has 2 aromatic rings. The third-order valence-electron chi connectivity index (χ3n) is 6.75. The molecule has 0 aliphatic heterocycles. The third-order valence-corrected chi connectivity index (χ3v) is 6.75. The fourth-order valence-electron chi connectivity index (χ4n) is 4.96. The third kappa shape index (κ3) is 3.97. The standard InChI is InChI=1S/C23H29BFNO/c24-21-6-2-16(11-22(21)25)9-15-1-3-18-12-19(5-4-17(18)10-15)20-7-8-23(26,13-20)14-27/h2,4-6,11-12,15,20,27H,1,3,7-10,13-14,24,26H2/t15-,20-,23+/m0/s1. The molecule has 3 N–H and O–H groups in total. The minimum atomic E-state index is -0.394. The van der Waals surface area contributed by atoms with Crippen LogP contribution in [0.2, 0.25) is 0 Å². The van der Waals surface area contributed by atoms with Crippen molar-refractivity contribution in [3.8, 4) is 0 Å². The molecule has 0 radical (unpaired) electrons. The number of fused-ring (bicyclic) bond motifs is 1. The van der Waals surface area contributed by atoms with Crippen LogP contribution in [0.5, 0.6) is 0 Å². The van der Waals surface area contributed by atoms with Crippen LogP contribution in [0, 0.1) is 11.7 Å². The number of rotatable bonds is 4. The zero-order valence-corrected chi connectivity index (χ0v) is 16.2. The molecule has 0 amide bonds. The first kappa shape index (κ1) is 18.7. The van der Waals surface area contributed by atoms with E-state index in [1.807, 2.05) is 13.9 Å². The molecule has 3 atom stereocenters. The summed E-state index contributed by atoms with van der Waals surface area (Å²) in [5.74, 6) is 0.965. The van der Waals surface area contributed by atoms with E-state index in [0.717, 1.165) is 56.0 Å². The van der Waals surface area contributed by atoms with Crippen LogP contribution in [0.25, 0.3) is 0 Å². The van der Waals surface area contributed by atoms with E-state index in [2.05, 4.69) is 24.3 Å². The van der Waals surface area contributed by atoms with Crippen LogP contribution in [0.1, 0.15) is 53.9 Å². The van der Waals surface area contributed by atoms with Gasteiger partial charge in [-0.1, -0.05) is 35.8 Å². The van der Waals surface area contributed by atoms with Crippen LogP contribution in [0.4, 0.5) is 4.39 Å². The number of aliphatic hydroxyl groups is 1. The van der Waals surface area contributed by atoms with Crippen LogP contribution < -0.4 is 11.2 Å². The average molecular weight is 365 g/mol. The average Bonchev–Trinajstić information content (AvgIpc) is 3.07. The second kappa shape index (κ2) is 7.41. The summed E-state index contributed by atoms with van der Waals surface area (Å²) in [6, 6.07) is 12.6. The summed E-state index contributed by atoms with van der Waals surface area (Å²) in [5.41, 5.74) is 12.0. The Labute approximate surface area is 162 Å². The van der Waals surface area contributed by atoms with Crippen molar-refractivity contribution in [3.05, 3.63) is 64.5 Å². The molecular weight excluding hydrogens is 336 g/mol. The van der Waals surface area contributed by atoms with E-state index in [0.29, 0.717) is 11.8 Å². The zero-order valence-electron chi connectivity index (χ0n) is 16.2. The van der Waals surface area contributed by atoms with Gasteiger partial charge in [-0.05, 0) is 85.1 Å². The molecule has 2 nitrogen and oxygen atoms in total. The number of halogens is 1. The van der Waals surface area contributed by atoms with Crippen molar-refractivity contribution >= 4 is 13.3 Å². The Balaban J connectivity index is 1.44. The highest BCUT2D eigenvalue weighted by Crippen LogP contribution is 2.40. The summed E-state index contributed by atoms with van der Waals surface area (Å²) >= 11 is 0. The fraction of sp³-hybridized carbons (Fsp3) is 0.478. The second-order valence-corrected chi connectivity index (χ2v) is 8.88. The van der Waals surface area contributed by atoms with Gasteiger partial charge in [0.2, 0.25) is 0 Å². The summed E-state index contributed by atoms with van der Waals surface area (Å²) in [6.07, 6.45) is 7.14. The molecule has 4 heteroatoms. The molecule has 0 heterocycles. The summed E-state index contributed by atoms with van der Waals surface area (Å²) < 4.78 is 13.8. The molecule has 27 heavy (non-hydrogen) atoms. The first-order valence-electron chi connectivity index (χ1n) is 10.2. The largest absolute Gasteiger partial charge is 0.394 e. The molecule has 1 saturated carbocycles. The molecular formula is C23H29BFNO. The maximum atomic E-state index is 13.8. The first-order valence-corrected chi connectivity index (χ1v) is 10.2. The lowest BCUT2D eigenvalue weighted by molar-refractivity contribution is 0.198. The van der Waals surface area contributed by atoms with Gasteiger partial charge in [0.15, 0.2) is 0 Å². The number of hydrogen-bond acceptors (Lipinski definition) is 2. The Morgan fingerprint density at radius 1 is 1.15 bits per heavy atom. The van der Waals surface area contributed by atoms with E-state index in [1.54, 1.807) is 6.07 Å². The predicted octanol–water partition coefficient (Wildman–Crippen LogP) is 2.39. The first-order chi connectivity index (χ1) is 13.0. The molecule has 0 aromatic heterocycles. The summed E-state index contributed by atoms with van der Waals surface area (Å²) in [4.78, 5) is 0. The maximum Gasteiger partial charge on any atom is 0.143 e. The minimum Gasteiger partial charge on any atom is -0.394 e. The number of nitrogens with two attached hydrogens (primary N) is 1.